The van der Waals surface area contributed by atoms with Crippen LogP contribution in [0.2, 0.25) is 0 Å². The van der Waals surface area contributed by atoms with Crippen LogP contribution in [0, 0.1) is 0 Å². The van der Waals surface area contributed by atoms with E-state index in [1.807, 2.05) is 0 Å². The number of hydrogen-bond donors (Lipinski definition) is 1. The number of furan rings is 1. The van der Waals surface area contributed by atoms with Gasteiger partial charge in [-0.2, -0.15) is 0 Å². The first-order valence-electron chi connectivity index (χ1n) is 6.54. The van der Waals surface area contributed by atoms with E-state index >= 15 is 0 Å². The van der Waals surface area contributed by atoms with Crippen LogP contribution in [-0.2, 0) is 16.6 Å². The molecule has 0 radical (unpaired) electrons. The predicted molar refractivity (Wildman–Crippen MR) is 72.7 cm³/mol. The molecule has 0 aromatic carbocycles. The smallest absolute Gasteiger partial charge is 0.371 e. The number of hydrogen-bond acceptors (Lipinski definition) is 4. The molecule has 1 aromatic heterocycles. The summed E-state index contributed by atoms with van der Waals surface area (Å²) < 4.78 is 17.0. The molecule has 0 aliphatic carbocycles. The highest BCUT2D eigenvalue weighted by molar-refractivity contribution is 7.84. The molecule has 2 heterocycles. The number of piperidine rings is 1. The van der Waals surface area contributed by atoms with E-state index in [2.05, 4.69) is 4.90 Å². The van der Waals surface area contributed by atoms with Gasteiger partial charge in [0, 0.05) is 23.1 Å². The van der Waals surface area contributed by atoms with Crippen LogP contribution in [-0.4, -0.2) is 45.6 Å². The third kappa shape index (κ3) is 4.47. The molecular formula is C13H19NO4S. The Morgan fingerprint density at radius 3 is 2.68 bits per heavy atom. The van der Waals surface area contributed by atoms with Crippen molar-refractivity contribution in [1.82, 2.24) is 4.90 Å². The van der Waals surface area contributed by atoms with E-state index in [0.717, 1.165) is 19.6 Å². The van der Waals surface area contributed by atoms with Crippen molar-refractivity contribution >= 4 is 16.8 Å². The number of aromatic carboxylic acids is 1. The van der Waals surface area contributed by atoms with E-state index in [4.69, 9.17) is 9.52 Å². The molecule has 5 nitrogen and oxygen atoms in total. The molecule has 1 saturated heterocycles. The zero-order chi connectivity index (χ0) is 13.7. The molecular weight excluding hydrogens is 266 g/mol. The summed E-state index contributed by atoms with van der Waals surface area (Å²) in [6.07, 6.45) is 3.75. The van der Waals surface area contributed by atoms with Gasteiger partial charge in [0.2, 0.25) is 5.76 Å². The van der Waals surface area contributed by atoms with E-state index in [-0.39, 0.29) is 5.76 Å². The summed E-state index contributed by atoms with van der Waals surface area (Å²) in [5.74, 6) is 0.201. The third-order valence-electron chi connectivity index (χ3n) is 3.26. The monoisotopic (exact) mass is 285 g/mol. The maximum Gasteiger partial charge on any atom is 0.371 e. The number of carboxylic acid groups (broad SMARTS) is 1. The summed E-state index contributed by atoms with van der Waals surface area (Å²) >= 11 is 0. The van der Waals surface area contributed by atoms with E-state index in [0.29, 0.717) is 17.3 Å². The summed E-state index contributed by atoms with van der Waals surface area (Å²) in [5.41, 5.74) is 0. The fraction of sp³-hybridized carbons (Fsp3) is 0.615. The zero-order valence-electron chi connectivity index (χ0n) is 10.8. The van der Waals surface area contributed by atoms with Crippen LogP contribution in [0.5, 0.6) is 0 Å². The molecule has 2 rings (SSSR count). The van der Waals surface area contributed by atoms with Crippen LogP contribution in [0.4, 0.5) is 0 Å². The number of rotatable bonds is 6. The molecule has 1 fully saturated rings. The van der Waals surface area contributed by atoms with E-state index in [1.165, 1.54) is 25.3 Å². The highest BCUT2D eigenvalue weighted by atomic mass is 32.2. The lowest BCUT2D eigenvalue weighted by molar-refractivity contribution is 0.0661. The molecule has 0 amide bonds. The van der Waals surface area contributed by atoms with Crippen LogP contribution in [0.15, 0.2) is 16.5 Å². The molecule has 1 N–H and O–H groups in total. The molecule has 19 heavy (non-hydrogen) atoms. The number of likely N-dealkylation sites (tertiary alicyclic amines) is 1. The first-order chi connectivity index (χ1) is 9.15. The van der Waals surface area contributed by atoms with Gasteiger partial charge >= 0.3 is 5.97 Å². The van der Waals surface area contributed by atoms with Gasteiger partial charge < -0.3 is 14.4 Å². The molecule has 1 atom stereocenters. The molecule has 1 aromatic rings. The average Bonchev–Trinajstić information content (AvgIpc) is 2.86. The fourth-order valence-corrected chi connectivity index (χ4v) is 3.29. The minimum atomic E-state index is -1.09. The molecule has 0 bridgehead atoms. The quantitative estimate of drug-likeness (QED) is 0.861. The van der Waals surface area contributed by atoms with Crippen LogP contribution in [0.25, 0.3) is 0 Å². The molecule has 1 aliphatic heterocycles. The molecule has 1 unspecified atom stereocenters. The number of nitrogens with zero attached hydrogens (tertiary/aromatic N) is 1. The zero-order valence-corrected chi connectivity index (χ0v) is 11.7. The normalized spacial score (nSPS) is 18.3. The summed E-state index contributed by atoms with van der Waals surface area (Å²) in [6, 6.07) is 2.99. The summed E-state index contributed by atoms with van der Waals surface area (Å²) in [7, 11) is -1.00. The molecule has 0 saturated carbocycles. The first-order valence-corrected chi connectivity index (χ1v) is 8.03. The highest BCUT2D eigenvalue weighted by Crippen LogP contribution is 2.11. The molecule has 106 valence electrons. The van der Waals surface area contributed by atoms with Gasteiger partial charge in [-0.15, -0.1) is 0 Å². The van der Waals surface area contributed by atoms with Gasteiger partial charge in [0.15, 0.2) is 0 Å². The molecule has 6 heteroatoms. The first kappa shape index (κ1) is 14.3. The maximum absolute atomic E-state index is 11.9. The Balaban J connectivity index is 1.75. The standard InChI is InChI=1S/C13H19NO4S/c15-13(16)12-5-4-11(18-12)10-19(17)9-8-14-6-2-1-3-7-14/h4-5H,1-3,6-10H2,(H,15,16). The van der Waals surface area contributed by atoms with Gasteiger partial charge in [0.1, 0.15) is 5.76 Å². The minimum Gasteiger partial charge on any atom is -0.475 e. The van der Waals surface area contributed by atoms with Gasteiger partial charge in [0.25, 0.3) is 0 Å². The Morgan fingerprint density at radius 1 is 1.32 bits per heavy atom. The van der Waals surface area contributed by atoms with Crippen LogP contribution in [0.1, 0.15) is 35.6 Å². The fourth-order valence-electron chi connectivity index (χ4n) is 2.22. The number of carboxylic acids is 1. The van der Waals surface area contributed by atoms with E-state index in [9.17, 15) is 9.00 Å². The van der Waals surface area contributed by atoms with E-state index < -0.39 is 16.8 Å². The maximum atomic E-state index is 11.9. The summed E-state index contributed by atoms with van der Waals surface area (Å²) in [5, 5.41) is 8.73. The van der Waals surface area contributed by atoms with Crippen molar-refractivity contribution in [2.75, 3.05) is 25.4 Å². The van der Waals surface area contributed by atoms with Gasteiger partial charge in [-0.25, -0.2) is 4.79 Å². The Bertz CT molecular complexity index is 451. The van der Waals surface area contributed by atoms with Crippen molar-refractivity contribution in [3.8, 4) is 0 Å². The SMILES string of the molecule is O=C(O)c1ccc(CS(=O)CCN2CCCCC2)o1. The van der Waals surface area contributed by atoms with Crippen molar-refractivity contribution < 1.29 is 18.5 Å². The van der Waals surface area contributed by atoms with Gasteiger partial charge in [-0.1, -0.05) is 6.42 Å². The average molecular weight is 285 g/mol. The largest absolute Gasteiger partial charge is 0.475 e. The van der Waals surface area contributed by atoms with Crippen molar-refractivity contribution in [2.45, 2.75) is 25.0 Å². The van der Waals surface area contributed by atoms with Gasteiger partial charge in [-0.3, -0.25) is 4.21 Å². The summed E-state index contributed by atoms with van der Waals surface area (Å²) in [6.45, 7) is 3.04. The topological polar surface area (TPSA) is 70.8 Å². The second kappa shape index (κ2) is 6.86. The van der Waals surface area contributed by atoms with Crippen molar-refractivity contribution in [3.05, 3.63) is 23.7 Å². The Morgan fingerprint density at radius 2 is 2.05 bits per heavy atom. The Hall–Kier alpha value is -1.14. The second-order valence-corrected chi connectivity index (χ2v) is 6.34. The van der Waals surface area contributed by atoms with E-state index in [1.54, 1.807) is 6.07 Å². The van der Waals surface area contributed by atoms with Gasteiger partial charge in [-0.05, 0) is 38.1 Å². The summed E-state index contributed by atoms with van der Waals surface area (Å²) in [4.78, 5) is 13.0. The van der Waals surface area contributed by atoms with Crippen molar-refractivity contribution in [3.63, 3.8) is 0 Å². The Kier molecular flexibility index (Phi) is 5.15. The lowest BCUT2D eigenvalue weighted by atomic mass is 10.1. The van der Waals surface area contributed by atoms with Crippen LogP contribution < -0.4 is 0 Å². The minimum absolute atomic E-state index is 0.0944. The molecule has 0 spiro atoms. The molecule has 1 aliphatic rings. The van der Waals surface area contributed by atoms with Crippen molar-refractivity contribution in [1.29, 1.82) is 0 Å². The lowest BCUT2D eigenvalue weighted by Crippen LogP contribution is -2.33. The van der Waals surface area contributed by atoms with Gasteiger partial charge in [0.05, 0.1) is 5.75 Å². The van der Waals surface area contributed by atoms with Crippen molar-refractivity contribution in [2.24, 2.45) is 0 Å². The van der Waals surface area contributed by atoms with Crippen LogP contribution in [0.3, 0.4) is 0 Å². The highest BCUT2D eigenvalue weighted by Gasteiger charge is 2.13. The lowest BCUT2D eigenvalue weighted by Gasteiger charge is -2.25. The third-order valence-corrected chi connectivity index (χ3v) is 4.50. The Labute approximate surface area is 115 Å². The number of carbonyl (C=O) groups is 1. The second-order valence-electron chi connectivity index (χ2n) is 4.76. The predicted octanol–water partition coefficient (Wildman–Crippen LogP) is 1.71. The van der Waals surface area contributed by atoms with Crippen LogP contribution >= 0.6 is 0 Å².